The van der Waals surface area contributed by atoms with E-state index in [0.717, 1.165) is 5.39 Å². The van der Waals surface area contributed by atoms with Crippen LogP contribution in [0.3, 0.4) is 0 Å². The summed E-state index contributed by atoms with van der Waals surface area (Å²) in [6.45, 7) is 2.20. The number of benzene rings is 1. The third kappa shape index (κ3) is 3.28. The summed E-state index contributed by atoms with van der Waals surface area (Å²) in [5, 5.41) is 0.875. The Morgan fingerprint density at radius 2 is 1.67 bits per heavy atom. The van der Waals surface area contributed by atoms with Crippen LogP contribution in [0.25, 0.3) is 11.1 Å². The second-order valence-electron chi connectivity index (χ2n) is 3.00. The summed E-state index contributed by atoms with van der Waals surface area (Å²) in [5.41, 5.74) is 4.48. The highest BCUT2D eigenvalue weighted by Crippen LogP contribution is 2.38. The van der Waals surface area contributed by atoms with E-state index in [4.69, 9.17) is 0 Å². The van der Waals surface area contributed by atoms with Gasteiger partial charge in [0.2, 0.25) is 0 Å². The Kier molecular flexibility index (Phi) is 4.71. The van der Waals surface area contributed by atoms with Gasteiger partial charge >= 0.3 is 0 Å². The molecule has 0 N–H and O–H groups in total. The lowest BCUT2D eigenvalue weighted by atomic mass is 10.2. The molecule has 15 heavy (non-hydrogen) atoms. The van der Waals surface area contributed by atoms with Crippen LogP contribution in [0.15, 0.2) is 18.2 Å². The minimum absolute atomic E-state index is 0.875. The number of hydrogen-bond acceptors (Lipinski definition) is 4. The zero-order valence-electron chi connectivity index (χ0n) is 9.61. The van der Waals surface area contributed by atoms with Gasteiger partial charge in [0.1, 0.15) is 0 Å². The van der Waals surface area contributed by atoms with Crippen LogP contribution in [-0.2, 0) is 20.9 Å². The number of aryl methyl sites for hydroxylation is 1. The average Bonchev–Trinajstić information content (AvgIpc) is 2.94. The van der Waals surface area contributed by atoms with Crippen molar-refractivity contribution in [2.45, 2.75) is 13.3 Å². The molecule has 0 saturated heterocycles. The molecule has 0 bridgehead atoms. The van der Waals surface area contributed by atoms with E-state index < -0.39 is 0 Å². The topological polar surface area (TPSA) is 30.9 Å². The van der Waals surface area contributed by atoms with Crippen LogP contribution in [-0.4, -0.2) is 26.7 Å². The number of rotatable bonds is 4. The lowest BCUT2D eigenvalue weighted by Crippen LogP contribution is -2.18. The van der Waals surface area contributed by atoms with E-state index in [2.05, 4.69) is 39.6 Å². The SMILES string of the molecule is CCc1ccc2cc1-2.CON(OC)OC. The largest absolute Gasteiger partial charge is 0.254 e. The van der Waals surface area contributed by atoms with Gasteiger partial charge in [-0.05, 0) is 29.2 Å². The van der Waals surface area contributed by atoms with Crippen LogP contribution in [0.2, 0.25) is 0 Å². The molecule has 0 amide bonds. The Balaban J connectivity index is 0.000000153. The van der Waals surface area contributed by atoms with Crippen molar-refractivity contribution in [2.24, 2.45) is 0 Å². The molecule has 0 radical (unpaired) electrons. The Bertz CT molecular complexity index is 305. The zero-order chi connectivity index (χ0) is 11.3. The fourth-order valence-electron chi connectivity index (χ4n) is 1.35. The summed E-state index contributed by atoms with van der Waals surface area (Å²) in [4.78, 5) is 13.3. The molecular weight excluding hydrogens is 194 g/mol. The van der Waals surface area contributed by atoms with Crippen LogP contribution in [0.5, 0.6) is 0 Å². The van der Waals surface area contributed by atoms with E-state index in [9.17, 15) is 0 Å². The summed E-state index contributed by atoms with van der Waals surface area (Å²) in [5.74, 6) is 0. The van der Waals surface area contributed by atoms with Gasteiger partial charge in [-0.25, -0.2) is 0 Å². The number of fused-ring (bicyclic) bond motifs is 1. The Hall–Kier alpha value is -0.940. The Morgan fingerprint density at radius 3 is 1.80 bits per heavy atom. The second-order valence-corrected chi connectivity index (χ2v) is 3.00. The van der Waals surface area contributed by atoms with Crippen LogP contribution >= 0.6 is 0 Å². The third-order valence-corrected chi connectivity index (χ3v) is 2.17. The van der Waals surface area contributed by atoms with Crippen LogP contribution in [0.4, 0.5) is 0 Å². The van der Waals surface area contributed by atoms with E-state index in [1.54, 1.807) is 0 Å². The average molecular weight is 211 g/mol. The van der Waals surface area contributed by atoms with E-state index in [-0.39, 0.29) is 0 Å². The molecule has 84 valence electrons. The van der Waals surface area contributed by atoms with Crippen LogP contribution in [0.1, 0.15) is 12.5 Å². The van der Waals surface area contributed by atoms with Gasteiger partial charge in [0.25, 0.3) is 0 Å². The van der Waals surface area contributed by atoms with E-state index >= 15 is 0 Å². The van der Waals surface area contributed by atoms with Gasteiger partial charge in [-0.15, -0.1) is 0 Å². The molecule has 0 fully saturated rings. The summed E-state index contributed by atoms with van der Waals surface area (Å²) < 4.78 is 0. The van der Waals surface area contributed by atoms with Gasteiger partial charge in [0, 0.05) is 0 Å². The molecule has 0 aliphatic heterocycles. The van der Waals surface area contributed by atoms with Crippen molar-refractivity contribution >= 4 is 0 Å². The fourth-order valence-corrected chi connectivity index (χ4v) is 1.35. The van der Waals surface area contributed by atoms with Gasteiger partial charge in [-0.3, -0.25) is 14.5 Å². The van der Waals surface area contributed by atoms with Gasteiger partial charge in [-0.1, -0.05) is 19.1 Å². The summed E-state index contributed by atoms with van der Waals surface area (Å²) in [6, 6.07) is 6.64. The summed E-state index contributed by atoms with van der Waals surface area (Å²) in [6.07, 6.45) is 1.19. The predicted octanol–water partition coefficient (Wildman–Crippen LogP) is 2.20. The molecule has 0 saturated carbocycles. The van der Waals surface area contributed by atoms with Crippen molar-refractivity contribution in [2.75, 3.05) is 21.3 Å². The molecule has 0 atom stereocenters. The lowest BCUT2D eigenvalue weighted by Gasteiger charge is -2.10. The molecule has 0 aromatic carbocycles. The lowest BCUT2D eigenvalue weighted by molar-refractivity contribution is -0.502. The monoisotopic (exact) mass is 211 g/mol. The van der Waals surface area contributed by atoms with Crippen molar-refractivity contribution < 1.29 is 14.5 Å². The van der Waals surface area contributed by atoms with E-state index in [1.165, 1.54) is 44.4 Å². The Morgan fingerprint density at radius 1 is 1.07 bits per heavy atom. The van der Waals surface area contributed by atoms with Gasteiger partial charge in [0.15, 0.2) is 0 Å². The first kappa shape index (κ1) is 12.1. The molecule has 0 aromatic heterocycles. The molecule has 2 rings (SSSR count). The minimum Gasteiger partial charge on any atom is -0.254 e. The van der Waals surface area contributed by atoms with Crippen molar-refractivity contribution in [1.82, 2.24) is 5.39 Å². The number of nitrogens with zero attached hydrogens (tertiary/aromatic N) is 1. The van der Waals surface area contributed by atoms with Crippen molar-refractivity contribution in [3.05, 3.63) is 23.8 Å². The number of hydrogen-bond donors (Lipinski definition) is 0. The molecule has 2 aliphatic rings. The molecule has 2 aliphatic carbocycles. The molecular formula is C11H17NO3. The van der Waals surface area contributed by atoms with Crippen molar-refractivity contribution in [3.63, 3.8) is 0 Å². The fraction of sp³-hybridized carbons (Fsp3) is 0.455. The predicted molar refractivity (Wildman–Crippen MR) is 57.7 cm³/mol. The van der Waals surface area contributed by atoms with Crippen LogP contribution < -0.4 is 0 Å². The summed E-state index contributed by atoms with van der Waals surface area (Å²) in [7, 11) is 4.31. The molecule has 0 spiro atoms. The standard InChI is InChI=1S/C8H8.C3H9NO3/c1-2-6-3-4-7-5-8(6)7;1-5-4(6-2)7-3/h3-5H,2H2,1H3;1-3H3. The van der Waals surface area contributed by atoms with Crippen LogP contribution in [0, 0.1) is 0 Å². The zero-order valence-corrected chi connectivity index (χ0v) is 9.61. The smallest absolute Gasteiger partial charge is 0.0758 e. The highest BCUT2D eigenvalue weighted by molar-refractivity contribution is 5.84. The highest BCUT2D eigenvalue weighted by Gasteiger charge is 2.14. The Labute approximate surface area is 90.2 Å². The molecule has 0 unspecified atom stereocenters. The molecule has 4 nitrogen and oxygen atoms in total. The third-order valence-electron chi connectivity index (χ3n) is 2.17. The first-order valence-corrected chi connectivity index (χ1v) is 4.82. The van der Waals surface area contributed by atoms with E-state index in [0.29, 0.717) is 0 Å². The van der Waals surface area contributed by atoms with E-state index in [1.807, 2.05) is 0 Å². The highest BCUT2D eigenvalue weighted by atomic mass is 17.2. The van der Waals surface area contributed by atoms with Crippen molar-refractivity contribution in [1.29, 1.82) is 0 Å². The maximum absolute atomic E-state index is 4.44. The quantitative estimate of drug-likeness (QED) is 0.725. The molecule has 0 heterocycles. The van der Waals surface area contributed by atoms with Gasteiger partial charge in [-0.2, -0.15) is 0 Å². The normalized spacial score (nSPS) is 11.0. The minimum atomic E-state index is 0.875. The molecule has 0 aromatic rings. The maximum atomic E-state index is 4.44. The van der Waals surface area contributed by atoms with Gasteiger partial charge < -0.3 is 0 Å². The first-order chi connectivity index (χ1) is 7.26. The molecule has 4 heteroatoms. The first-order valence-electron chi connectivity index (χ1n) is 4.82. The summed E-state index contributed by atoms with van der Waals surface area (Å²) >= 11 is 0. The second kappa shape index (κ2) is 5.82. The van der Waals surface area contributed by atoms with Crippen molar-refractivity contribution in [3.8, 4) is 11.1 Å². The maximum Gasteiger partial charge on any atom is 0.0758 e. The van der Waals surface area contributed by atoms with Gasteiger partial charge in [0.05, 0.1) is 26.7 Å².